The van der Waals surface area contributed by atoms with Crippen LogP contribution in [0.25, 0.3) is 0 Å². The molecule has 1 saturated carbocycles. The lowest BCUT2D eigenvalue weighted by Crippen LogP contribution is -2.55. The van der Waals surface area contributed by atoms with Crippen LogP contribution in [0.4, 0.5) is 0 Å². The van der Waals surface area contributed by atoms with Crippen LogP contribution in [0.5, 0.6) is 0 Å². The molecule has 0 atom stereocenters. The molecule has 0 aromatic heterocycles. The summed E-state index contributed by atoms with van der Waals surface area (Å²) in [5, 5.41) is 2.59. The summed E-state index contributed by atoms with van der Waals surface area (Å²) in [6.45, 7) is 1.24. The molecular weight excluding hydrogens is 168 g/mol. The summed E-state index contributed by atoms with van der Waals surface area (Å²) in [6, 6.07) is 0. The predicted molar refractivity (Wildman–Crippen MR) is 46.9 cm³/mol. The lowest BCUT2D eigenvalue weighted by Gasteiger charge is -2.38. The number of rotatable bonds is 2. The Hall–Kier alpha value is -1.06. The van der Waals surface area contributed by atoms with Gasteiger partial charge in [-0.3, -0.25) is 9.59 Å². The maximum Gasteiger partial charge on any atom is 0.226 e. The first kappa shape index (κ1) is 8.53. The van der Waals surface area contributed by atoms with E-state index in [2.05, 4.69) is 5.32 Å². The van der Waals surface area contributed by atoms with Gasteiger partial charge in [-0.15, -0.1) is 0 Å². The van der Waals surface area contributed by atoms with Crippen molar-refractivity contribution in [3.8, 4) is 0 Å². The van der Waals surface area contributed by atoms with E-state index in [0.29, 0.717) is 13.1 Å². The highest BCUT2D eigenvalue weighted by molar-refractivity contribution is 5.86. The average molecular weight is 182 g/mol. The minimum atomic E-state index is 0.0349. The first-order valence-electron chi connectivity index (χ1n) is 4.72. The summed E-state index contributed by atoms with van der Waals surface area (Å²) in [6.07, 6.45) is 2.08. The Labute approximate surface area is 77.3 Å². The largest absolute Gasteiger partial charge is 0.359 e. The van der Waals surface area contributed by atoms with E-state index < -0.39 is 0 Å². The second-order valence-electron chi connectivity index (χ2n) is 3.83. The fraction of sp³-hybridized carbons (Fsp3) is 0.778. The second kappa shape index (κ2) is 3.01. The SMILES string of the molecule is CNC(=O)C1CN(C(=O)C2CC2)C1. The highest BCUT2D eigenvalue weighted by Crippen LogP contribution is 2.33. The van der Waals surface area contributed by atoms with Crippen molar-refractivity contribution in [2.75, 3.05) is 20.1 Å². The van der Waals surface area contributed by atoms with E-state index in [0.717, 1.165) is 12.8 Å². The van der Waals surface area contributed by atoms with Crippen LogP contribution in [-0.4, -0.2) is 36.9 Å². The van der Waals surface area contributed by atoms with Crippen molar-refractivity contribution in [1.29, 1.82) is 0 Å². The lowest BCUT2D eigenvalue weighted by atomic mass is 9.98. The molecule has 1 N–H and O–H groups in total. The predicted octanol–water partition coefficient (Wildman–Crippen LogP) is -0.399. The zero-order valence-corrected chi connectivity index (χ0v) is 7.75. The molecule has 1 heterocycles. The number of nitrogens with one attached hydrogen (secondary N) is 1. The molecule has 0 spiro atoms. The molecule has 13 heavy (non-hydrogen) atoms. The van der Waals surface area contributed by atoms with Gasteiger partial charge in [0.15, 0.2) is 0 Å². The van der Waals surface area contributed by atoms with E-state index in [4.69, 9.17) is 0 Å². The standard InChI is InChI=1S/C9H14N2O2/c1-10-8(12)7-4-11(5-7)9(13)6-2-3-6/h6-7H,2-5H2,1H3,(H,10,12). The van der Waals surface area contributed by atoms with Gasteiger partial charge < -0.3 is 10.2 Å². The Bertz CT molecular complexity index is 242. The van der Waals surface area contributed by atoms with E-state index >= 15 is 0 Å². The van der Waals surface area contributed by atoms with Crippen LogP contribution in [0.2, 0.25) is 0 Å². The zero-order chi connectivity index (χ0) is 9.42. The maximum absolute atomic E-state index is 11.4. The molecule has 2 rings (SSSR count). The fourth-order valence-electron chi connectivity index (χ4n) is 1.62. The Morgan fingerprint density at radius 2 is 1.85 bits per heavy atom. The van der Waals surface area contributed by atoms with E-state index in [1.807, 2.05) is 0 Å². The summed E-state index contributed by atoms with van der Waals surface area (Å²) in [4.78, 5) is 24.3. The van der Waals surface area contributed by atoms with Crippen LogP contribution in [0.1, 0.15) is 12.8 Å². The number of carbonyl (C=O) groups excluding carboxylic acids is 2. The third-order valence-corrected chi connectivity index (χ3v) is 2.74. The van der Waals surface area contributed by atoms with Crippen LogP contribution in [0, 0.1) is 11.8 Å². The van der Waals surface area contributed by atoms with Crippen LogP contribution in [0.15, 0.2) is 0 Å². The van der Waals surface area contributed by atoms with Gasteiger partial charge in [-0.2, -0.15) is 0 Å². The van der Waals surface area contributed by atoms with E-state index in [9.17, 15) is 9.59 Å². The van der Waals surface area contributed by atoms with Crippen LogP contribution in [0.3, 0.4) is 0 Å². The first-order chi connectivity index (χ1) is 6.22. The van der Waals surface area contributed by atoms with Gasteiger partial charge in [0.2, 0.25) is 11.8 Å². The first-order valence-corrected chi connectivity index (χ1v) is 4.72. The van der Waals surface area contributed by atoms with Gasteiger partial charge in [-0.05, 0) is 12.8 Å². The summed E-state index contributed by atoms with van der Waals surface area (Å²) < 4.78 is 0. The van der Waals surface area contributed by atoms with E-state index in [-0.39, 0.29) is 23.7 Å². The van der Waals surface area contributed by atoms with Gasteiger partial charge in [0.1, 0.15) is 0 Å². The van der Waals surface area contributed by atoms with Gasteiger partial charge >= 0.3 is 0 Å². The Balaban J connectivity index is 1.77. The summed E-state index contributed by atoms with van der Waals surface area (Å²) >= 11 is 0. The highest BCUT2D eigenvalue weighted by atomic mass is 16.2. The normalized spacial score (nSPS) is 22.4. The van der Waals surface area contributed by atoms with Gasteiger partial charge in [-0.1, -0.05) is 0 Å². The Morgan fingerprint density at radius 1 is 1.23 bits per heavy atom. The van der Waals surface area contributed by atoms with Gasteiger partial charge in [0.05, 0.1) is 5.92 Å². The van der Waals surface area contributed by atoms with Crippen molar-refractivity contribution in [1.82, 2.24) is 10.2 Å². The summed E-state index contributed by atoms with van der Waals surface area (Å²) in [7, 11) is 1.63. The molecule has 4 nitrogen and oxygen atoms in total. The number of hydrogen-bond acceptors (Lipinski definition) is 2. The smallest absolute Gasteiger partial charge is 0.226 e. The number of amides is 2. The zero-order valence-electron chi connectivity index (χ0n) is 7.75. The number of nitrogens with zero attached hydrogens (tertiary/aromatic N) is 1. The van der Waals surface area contributed by atoms with Crippen LogP contribution >= 0.6 is 0 Å². The number of carbonyl (C=O) groups is 2. The van der Waals surface area contributed by atoms with Gasteiger partial charge in [0, 0.05) is 26.1 Å². The van der Waals surface area contributed by atoms with Crippen molar-refractivity contribution < 1.29 is 9.59 Å². The summed E-state index contributed by atoms with van der Waals surface area (Å²) in [5.41, 5.74) is 0. The molecule has 0 unspecified atom stereocenters. The molecule has 0 radical (unpaired) electrons. The molecular formula is C9H14N2O2. The number of likely N-dealkylation sites (tertiary alicyclic amines) is 1. The van der Waals surface area contributed by atoms with Crippen molar-refractivity contribution in [3.05, 3.63) is 0 Å². The topological polar surface area (TPSA) is 49.4 Å². The molecule has 0 aromatic rings. The lowest BCUT2D eigenvalue weighted by molar-refractivity contribution is -0.143. The molecule has 4 heteroatoms. The molecule has 2 amide bonds. The molecule has 1 aliphatic carbocycles. The Kier molecular flexibility index (Phi) is 1.98. The quantitative estimate of drug-likeness (QED) is 0.631. The van der Waals surface area contributed by atoms with Crippen molar-refractivity contribution in [3.63, 3.8) is 0 Å². The van der Waals surface area contributed by atoms with Crippen molar-refractivity contribution in [2.24, 2.45) is 11.8 Å². The van der Waals surface area contributed by atoms with Crippen molar-refractivity contribution >= 4 is 11.8 Å². The fourth-order valence-corrected chi connectivity index (χ4v) is 1.62. The summed E-state index contributed by atoms with van der Waals surface area (Å²) in [5.74, 6) is 0.623. The third-order valence-electron chi connectivity index (χ3n) is 2.74. The van der Waals surface area contributed by atoms with Gasteiger partial charge in [0.25, 0.3) is 0 Å². The van der Waals surface area contributed by atoms with Crippen LogP contribution in [-0.2, 0) is 9.59 Å². The maximum atomic E-state index is 11.4. The minimum absolute atomic E-state index is 0.0349. The number of hydrogen-bond donors (Lipinski definition) is 1. The third kappa shape index (κ3) is 1.53. The van der Waals surface area contributed by atoms with Crippen molar-refractivity contribution in [2.45, 2.75) is 12.8 Å². The minimum Gasteiger partial charge on any atom is -0.359 e. The van der Waals surface area contributed by atoms with E-state index in [1.165, 1.54) is 0 Å². The molecule has 72 valence electrons. The Morgan fingerprint density at radius 3 is 2.31 bits per heavy atom. The molecule has 0 bridgehead atoms. The molecule has 1 saturated heterocycles. The molecule has 2 fully saturated rings. The highest BCUT2D eigenvalue weighted by Gasteiger charge is 2.41. The molecule has 1 aliphatic heterocycles. The molecule has 2 aliphatic rings. The van der Waals surface area contributed by atoms with Crippen LogP contribution < -0.4 is 5.32 Å². The van der Waals surface area contributed by atoms with Gasteiger partial charge in [-0.25, -0.2) is 0 Å². The molecule has 0 aromatic carbocycles. The van der Waals surface area contributed by atoms with E-state index in [1.54, 1.807) is 11.9 Å². The average Bonchev–Trinajstić information content (AvgIpc) is 2.83. The monoisotopic (exact) mass is 182 g/mol. The second-order valence-corrected chi connectivity index (χ2v) is 3.83.